The normalized spacial score (nSPS) is 11.5. The van der Waals surface area contributed by atoms with Crippen LogP contribution in [0.3, 0.4) is 0 Å². The second kappa shape index (κ2) is 7.93. The Morgan fingerprint density at radius 2 is 1.95 bits per heavy atom. The highest BCUT2D eigenvalue weighted by Crippen LogP contribution is 2.12. The maximum Gasteiger partial charge on any atom is 0.340 e. The number of esters is 1. The molecule has 22 heavy (non-hydrogen) atoms. The van der Waals surface area contributed by atoms with Crippen molar-refractivity contribution in [1.29, 1.82) is 0 Å². The van der Waals surface area contributed by atoms with Crippen molar-refractivity contribution in [1.82, 2.24) is 10.3 Å². The molecule has 1 amide bonds. The van der Waals surface area contributed by atoms with Crippen LogP contribution in [-0.4, -0.2) is 30.0 Å². The van der Waals surface area contributed by atoms with E-state index in [9.17, 15) is 9.59 Å². The van der Waals surface area contributed by atoms with Crippen LogP contribution < -0.4 is 5.32 Å². The van der Waals surface area contributed by atoms with Crippen LogP contribution in [0.2, 0.25) is 0 Å². The lowest BCUT2D eigenvalue weighted by Crippen LogP contribution is -2.31. The smallest absolute Gasteiger partial charge is 0.340 e. The van der Waals surface area contributed by atoms with Crippen molar-refractivity contribution in [2.75, 3.05) is 13.2 Å². The summed E-state index contributed by atoms with van der Waals surface area (Å²) in [6.45, 7) is 2.22. The summed E-state index contributed by atoms with van der Waals surface area (Å²) in [6, 6.07) is 13.1. The Bertz CT molecular complexity index is 614. The Balaban J connectivity index is 1.73. The molecule has 5 heteroatoms. The number of hydrogen-bond acceptors (Lipinski definition) is 4. The van der Waals surface area contributed by atoms with E-state index in [1.165, 1.54) is 6.20 Å². The Kier molecular flexibility index (Phi) is 5.65. The van der Waals surface area contributed by atoms with Gasteiger partial charge in [-0.1, -0.05) is 37.3 Å². The summed E-state index contributed by atoms with van der Waals surface area (Å²) in [4.78, 5) is 27.2. The highest BCUT2D eigenvalue weighted by molar-refractivity contribution is 5.90. The second-order valence-corrected chi connectivity index (χ2v) is 4.93. The summed E-state index contributed by atoms with van der Waals surface area (Å²) in [5.41, 5.74) is 1.48. The maximum absolute atomic E-state index is 11.7. The van der Waals surface area contributed by atoms with E-state index in [1.807, 2.05) is 37.3 Å². The molecule has 1 aromatic carbocycles. The lowest BCUT2D eigenvalue weighted by molar-refractivity contribution is -0.124. The third-order valence-electron chi connectivity index (χ3n) is 3.21. The summed E-state index contributed by atoms with van der Waals surface area (Å²) in [6.07, 6.45) is 2.96. The second-order valence-electron chi connectivity index (χ2n) is 4.93. The third kappa shape index (κ3) is 4.70. The first-order chi connectivity index (χ1) is 10.7. The van der Waals surface area contributed by atoms with Crippen LogP contribution >= 0.6 is 0 Å². The predicted octanol–water partition coefficient (Wildman–Crippen LogP) is 2.16. The molecular formula is C17H18N2O3. The topological polar surface area (TPSA) is 68.3 Å². The first-order valence-electron chi connectivity index (χ1n) is 7.05. The minimum atomic E-state index is -0.556. The molecule has 0 radical (unpaired) electrons. The van der Waals surface area contributed by atoms with Crippen LogP contribution in [0, 0.1) is 0 Å². The zero-order valence-corrected chi connectivity index (χ0v) is 12.4. The van der Waals surface area contributed by atoms with Gasteiger partial charge in [-0.15, -0.1) is 0 Å². The van der Waals surface area contributed by atoms with Gasteiger partial charge in [-0.3, -0.25) is 9.78 Å². The first-order valence-corrected chi connectivity index (χ1v) is 7.05. The van der Waals surface area contributed by atoms with E-state index in [1.54, 1.807) is 18.3 Å². The largest absolute Gasteiger partial charge is 0.452 e. The summed E-state index contributed by atoms with van der Waals surface area (Å²) >= 11 is 0. The zero-order valence-electron chi connectivity index (χ0n) is 12.4. The molecule has 1 atom stereocenters. The first kappa shape index (κ1) is 15.7. The van der Waals surface area contributed by atoms with Crippen molar-refractivity contribution in [2.24, 2.45) is 0 Å². The minimum Gasteiger partial charge on any atom is -0.452 e. The molecule has 1 heterocycles. The molecule has 0 aliphatic rings. The Labute approximate surface area is 129 Å². The maximum atomic E-state index is 11.7. The minimum absolute atomic E-state index is 0.194. The van der Waals surface area contributed by atoms with Gasteiger partial charge in [-0.2, -0.15) is 0 Å². The summed E-state index contributed by atoms with van der Waals surface area (Å²) in [7, 11) is 0. The fraction of sp³-hybridized carbons (Fsp3) is 0.235. The Morgan fingerprint density at radius 3 is 2.64 bits per heavy atom. The molecule has 0 fully saturated rings. The number of carbonyl (C=O) groups is 2. The van der Waals surface area contributed by atoms with E-state index in [2.05, 4.69) is 10.3 Å². The molecule has 0 bridgehead atoms. The quantitative estimate of drug-likeness (QED) is 0.830. The molecular weight excluding hydrogens is 280 g/mol. The molecule has 0 unspecified atom stereocenters. The molecule has 0 aliphatic carbocycles. The lowest BCUT2D eigenvalue weighted by atomic mass is 10.0. The number of ether oxygens (including phenoxy) is 1. The molecule has 114 valence electrons. The number of nitrogens with one attached hydrogen (secondary N) is 1. The van der Waals surface area contributed by atoms with Gasteiger partial charge >= 0.3 is 5.97 Å². The SMILES string of the molecule is C[C@H](CNC(=O)COC(=O)c1cccnc1)c1ccccc1. The molecule has 1 N–H and O–H groups in total. The van der Waals surface area contributed by atoms with Gasteiger partial charge in [0.1, 0.15) is 0 Å². The Morgan fingerprint density at radius 1 is 1.18 bits per heavy atom. The average molecular weight is 298 g/mol. The molecule has 0 saturated carbocycles. The van der Waals surface area contributed by atoms with Gasteiger partial charge in [-0.05, 0) is 23.6 Å². The van der Waals surface area contributed by atoms with Gasteiger partial charge in [0.2, 0.25) is 0 Å². The molecule has 5 nitrogen and oxygen atoms in total. The van der Waals surface area contributed by atoms with Crippen LogP contribution in [0.25, 0.3) is 0 Å². The van der Waals surface area contributed by atoms with Crippen LogP contribution in [0.1, 0.15) is 28.8 Å². The van der Waals surface area contributed by atoms with Crippen molar-refractivity contribution >= 4 is 11.9 Å². The van der Waals surface area contributed by atoms with Crippen molar-refractivity contribution < 1.29 is 14.3 Å². The molecule has 2 rings (SSSR count). The standard InChI is InChI=1S/C17H18N2O3/c1-13(14-6-3-2-4-7-14)10-19-16(20)12-22-17(21)15-8-5-9-18-11-15/h2-9,11,13H,10,12H2,1H3,(H,19,20)/t13-/m1/s1. The average Bonchev–Trinajstić information content (AvgIpc) is 2.59. The van der Waals surface area contributed by atoms with Gasteiger partial charge in [0.15, 0.2) is 6.61 Å². The summed E-state index contributed by atoms with van der Waals surface area (Å²) < 4.78 is 4.94. The molecule has 1 aromatic heterocycles. The molecule has 0 spiro atoms. The van der Waals surface area contributed by atoms with Crippen LogP contribution in [0.15, 0.2) is 54.9 Å². The van der Waals surface area contributed by atoms with Crippen molar-refractivity contribution in [2.45, 2.75) is 12.8 Å². The van der Waals surface area contributed by atoms with E-state index in [4.69, 9.17) is 4.74 Å². The number of benzene rings is 1. The number of rotatable bonds is 6. The van der Waals surface area contributed by atoms with Crippen molar-refractivity contribution in [3.63, 3.8) is 0 Å². The van der Waals surface area contributed by atoms with Gasteiger partial charge < -0.3 is 10.1 Å². The van der Waals surface area contributed by atoms with E-state index >= 15 is 0 Å². The van der Waals surface area contributed by atoms with Gasteiger partial charge in [0, 0.05) is 18.9 Å². The fourth-order valence-electron chi connectivity index (χ4n) is 1.92. The highest BCUT2D eigenvalue weighted by atomic mass is 16.5. The number of pyridine rings is 1. The van der Waals surface area contributed by atoms with Gasteiger partial charge in [0.05, 0.1) is 5.56 Å². The van der Waals surface area contributed by atoms with Crippen molar-refractivity contribution in [3.8, 4) is 0 Å². The van der Waals surface area contributed by atoms with Gasteiger partial charge in [0.25, 0.3) is 5.91 Å². The summed E-state index contributed by atoms with van der Waals surface area (Å²) in [5, 5.41) is 2.76. The van der Waals surface area contributed by atoms with E-state index in [-0.39, 0.29) is 18.4 Å². The summed E-state index contributed by atoms with van der Waals surface area (Å²) in [5.74, 6) is -0.682. The van der Waals surface area contributed by atoms with Gasteiger partial charge in [-0.25, -0.2) is 4.79 Å². The number of nitrogens with zero attached hydrogens (tertiary/aromatic N) is 1. The van der Waals surface area contributed by atoms with Crippen molar-refractivity contribution in [3.05, 3.63) is 66.0 Å². The van der Waals surface area contributed by atoms with E-state index in [0.29, 0.717) is 12.1 Å². The zero-order chi connectivity index (χ0) is 15.8. The molecule has 2 aromatic rings. The van der Waals surface area contributed by atoms with Crippen LogP contribution in [0.4, 0.5) is 0 Å². The number of amides is 1. The third-order valence-corrected chi connectivity index (χ3v) is 3.21. The fourth-order valence-corrected chi connectivity index (χ4v) is 1.92. The number of aromatic nitrogens is 1. The van der Waals surface area contributed by atoms with E-state index < -0.39 is 5.97 Å². The van der Waals surface area contributed by atoms with E-state index in [0.717, 1.165) is 5.56 Å². The molecule has 0 saturated heterocycles. The molecule has 0 aliphatic heterocycles. The predicted molar refractivity (Wildman–Crippen MR) is 82.4 cm³/mol. The Hall–Kier alpha value is -2.69. The number of hydrogen-bond donors (Lipinski definition) is 1. The lowest BCUT2D eigenvalue weighted by Gasteiger charge is -2.13. The van der Waals surface area contributed by atoms with Crippen LogP contribution in [-0.2, 0) is 9.53 Å². The number of carbonyl (C=O) groups excluding carboxylic acids is 2. The van der Waals surface area contributed by atoms with Crippen LogP contribution in [0.5, 0.6) is 0 Å². The monoisotopic (exact) mass is 298 g/mol. The highest BCUT2D eigenvalue weighted by Gasteiger charge is 2.11.